The van der Waals surface area contributed by atoms with Gasteiger partial charge in [0.05, 0.1) is 6.61 Å². The first-order chi connectivity index (χ1) is 19.5. The first-order valence-corrected chi connectivity index (χ1v) is 15.6. The van der Waals surface area contributed by atoms with Crippen molar-refractivity contribution < 1.29 is 9.53 Å². The minimum Gasteiger partial charge on any atom is -0.494 e. The molecule has 1 amide bonds. The molecule has 4 fully saturated rings. The molecule has 0 aliphatic heterocycles. The van der Waals surface area contributed by atoms with Crippen LogP contribution in [-0.4, -0.2) is 46.2 Å². The van der Waals surface area contributed by atoms with E-state index in [9.17, 15) is 4.79 Å². The third-order valence-electron chi connectivity index (χ3n) is 9.36. The SMILES string of the molecule is CN(C)c1ccccc1CNCCCNCc1ccc(OCCCNC(=O)CC23CC4CC(CC(C4)C2)C3)cc1. The van der Waals surface area contributed by atoms with Crippen LogP contribution in [0.5, 0.6) is 5.75 Å². The van der Waals surface area contributed by atoms with Gasteiger partial charge >= 0.3 is 0 Å². The molecule has 0 radical (unpaired) electrons. The van der Waals surface area contributed by atoms with Gasteiger partial charge in [0, 0.05) is 45.8 Å². The lowest BCUT2D eigenvalue weighted by atomic mass is 9.49. The first kappa shape index (κ1) is 28.9. The summed E-state index contributed by atoms with van der Waals surface area (Å²) in [7, 11) is 4.18. The Morgan fingerprint density at radius 1 is 0.850 bits per heavy atom. The molecule has 0 unspecified atom stereocenters. The number of hydrogen-bond donors (Lipinski definition) is 3. The summed E-state index contributed by atoms with van der Waals surface area (Å²) in [5.41, 5.74) is 4.19. The Hall–Kier alpha value is -2.57. The van der Waals surface area contributed by atoms with E-state index in [1.54, 1.807) is 0 Å². The third kappa shape index (κ3) is 8.01. The van der Waals surface area contributed by atoms with Crippen LogP contribution in [0.3, 0.4) is 0 Å². The first-order valence-electron chi connectivity index (χ1n) is 15.6. The number of anilines is 1. The van der Waals surface area contributed by atoms with Crippen LogP contribution in [-0.2, 0) is 17.9 Å². The minimum absolute atomic E-state index is 0.254. The van der Waals surface area contributed by atoms with E-state index in [2.05, 4.69) is 71.3 Å². The molecular weight excluding hydrogens is 496 g/mol. The normalized spacial score (nSPS) is 24.7. The number of benzene rings is 2. The van der Waals surface area contributed by atoms with Crippen molar-refractivity contribution in [3.8, 4) is 5.75 Å². The molecule has 218 valence electrons. The van der Waals surface area contributed by atoms with Crippen LogP contribution in [0.4, 0.5) is 5.69 Å². The molecule has 6 nitrogen and oxygen atoms in total. The molecule has 4 aliphatic carbocycles. The quantitative estimate of drug-likeness (QED) is 0.242. The summed E-state index contributed by atoms with van der Waals surface area (Å²) in [6.45, 7) is 5.05. The molecule has 2 aromatic carbocycles. The molecule has 3 N–H and O–H groups in total. The van der Waals surface area contributed by atoms with Crippen LogP contribution in [0.2, 0.25) is 0 Å². The molecule has 40 heavy (non-hydrogen) atoms. The van der Waals surface area contributed by atoms with Crippen molar-refractivity contribution >= 4 is 11.6 Å². The lowest BCUT2D eigenvalue weighted by Crippen LogP contribution is -2.48. The van der Waals surface area contributed by atoms with Gasteiger partial charge in [0.1, 0.15) is 5.75 Å². The molecule has 4 bridgehead atoms. The summed E-state index contributed by atoms with van der Waals surface area (Å²) >= 11 is 0. The second-order valence-electron chi connectivity index (χ2n) is 13.0. The van der Waals surface area contributed by atoms with Crippen LogP contribution >= 0.6 is 0 Å². The highest BCUT2D eigenvalue weighted by atomic mass is 16.5. The number of rotatable bonds is 16. The van der Waals surface area contributed by atoms with E-state index >= 15 is 0 Å². The maximum Gasteiger partial charge on any atom is 0.220 e. The lowest BCUT2D eigenvalue weighted by molar-refractivity contribution is -0.129. The van der Waals surface area contributed by atoms with Gasteiger partial charge in [0.25, 0.3) is 0 Å². The molecule has 0 aromatic heterocycles. The molecule has 4 aliphatic rings. The van der Waals surface area contributed by atoms with Crippen LogP contribution in [0.1, 0.15) is 68.9 Å². The second-order valence-corrected chi connectivity index (χ2v) is 13.0. The number of ether oxygens (including phenoxy) is 1. The van der Waals surface area contributed by atoms with Gasteiger partial charge in [-0.05, 0) is 117 Å². The standard InChI is InChI=1S/C34H50N4O2/c1-38(2)32-8-4-3-7-30(32)25-36-14-5-13-35-24-26-9-11-31(12-10-26)40-16-6-15-37-33(39)23-34-20-27-17-28(21-34)19-29(18-27)22-34/h3-4,7-12,27-29,35-36H,5-6,13-25H2,1-2H3,(H,37,39). The summed E-state index contributed by atoms with van der Waals surface area (Å²) in [6.07, 6.45) is 10.9. The topological polar surface area (TPSA) is 65.6 Å². The molecule has 4 saturated carbocycles. The second kappa shape index (κ2) is 13.9. The molecule has 0 heterocycles. The van der Waals surface area contributed by atoms with Crippen molar-refractivity contribution in [1.82, 2.24) is 16.0 Å². The van der Waals surface area contributed by atoms with E-state index in [0.717, 1.165) is 68.9 Å². The van der Waals surface area contributed by atoms with Crippen molar-refractivity contribution in [2.24, 2.45) is 23.2 Å². The minimum atomic E-state index is 0.254. The molecule has 6 heteroatoms. The van der Waals surface area contributed by atoms with Crippen molar-refractivity contribution in [2.75, 3.05) is 45.2 Å². The van der Waals surface area contributed by atoms with Gasteiger partial charge < -0.3 is 25.6 Å². The number of nitrogens with one attached hydrogen (secondary N) is 3. The Kier molecular flexibility index (Phi) is 10.0. The van der Waals surface area contributed by atoms with Crippen molar-refractivity contribution in [3.63, 3.8) is 0 Å². The Bertz CT molecular complexity index is 1050. The summed E-state index contributed by atoms with van der Waals surface area (Å²) in [4.78, 5) is 14.9. The molecular formula is C34H50N4O2. The molecule has 0 saturated heterocycles. The summed E-state index contributed by atoms with van der Waals surface area (Å²) in [6, 6.07) is 16.9. The van der Waals surface area contributed by atoms with Gasteiger partial charge in [-0.1, -0.05) is 30.3 Å². The molecule has 0 spiro atoms. The number of amides is 1. The van der Waals surface area contributed by atoms with Gasteiger partial charge in [-0.25, -0.2) is 0 Å². The van der Waals surface area contributed by atoms with E-state index in [4.69, 9.17) is 4.74 Å². The number of hydrogen-bond acceptors (Lipinski definition) is 5. The van der Waals surface area contributed by atoms with Gasteiger partial charge in [0.15, 0.2) is 0 Å². The van der Waals surface area contributed by atoms with Gasteiger partial charge in [-0.2, -0.15) is 0 Å². The number of carbonyl (C=O) groups excluding carboxylic acids is 1. The zero-order valence-corrected chi connectivity index (χ0v) is 24.7. The highest BCUT2D eigenvalue weighted by molar-refractivity contribution is 5.76. The van der Waals surface area contributed by atoms with Crippen LogP contribution < -0.4 is 25.6 Å². The molecule has 0 atom stereocenters. The fraction of sp³-hybridized carbons (Fsp3) is 0.618. The van der Waals surface area contributed by atoms with Gasteiger partial charge in [-0.3, -0.25) is 4.79 Å². The van der Waals surface area contributed by atoms with Crippen molar-refractivity contribution in [1.29, 1.82) is 0 Å². The highest BCUT2D eigenvalue weighted by Gasteiger charge is 2.51. The van der Waals surface area contributed by atoms with Crippen LogP contribution in [0, 0.1) is 23.2 Å². The van der Waals surface area contributed by atoms with Crippen LogP contribution in [0.15, 0.2) is 48.5 Å². The van der Waals surface area contributed by atoms with Crippen LogP contribution in [0.25, 0.3) is 0 Å². The van der Waals surface area contributed by atoms with E-state index in [1.165, 1.54) is 55.3 Å². The monoisotopic (exact) mass is 546 g/mol. The van der Waals surface area contributed by atoms with Gasteiger partial charge in [0.2, 0.25) is 5.91 Å². The fourth-order valence-corrected chi connectivity index (χ4v) is 7.99. The number of nitrogens with zero attached hydrogens (tertiary/aromatic N) is 1. The number of carbonyl (C=O) groups is 1. The zero-order valence-electron chi connectivity index (χ0n) is 24.7. The number of para-hydroxylation sites is 1. The fourth-order valence-electron chi connectivity index (χ4n) is 7.99. The molecule has 6 rings (SSSR count). The lowest BCUT2D eigenvalue weighted by Gasteiger charge is -2.56. The van der Waals surface area contributed by atoms with Gasteiger partial charge in [-0.15, -0.1) is 0 Å². The predicted octanol–water partition coefficient (Wildman–Crippen LogP) is 5.51. The smallest absolute Gasteiger partial charge is 0.220 e. The summed E-state index contributed by atoms with van der Waals surface area (Å²) < 4.78 is 5.92. The average molecular weight is 547 g/mol. The molecule has 2 aromatic rings. The Morgan fingerprint density at radius 3 is 2.17 bits per heavy atom. The maximum absolute atomic E-state index is 12.7. The van der Waals surface area contributed by atoms with Crippen molar-refractivity contribution in [3.05, 3.63) is 59.7 Å². The predicted molar refractivity (Wildman–Crippen MR) is 164 cm³/mol. The van der Waals surface area contributed by atoms with E-state index < -0.39 is 0 Å². The Balaban J connectivity index is 0.891. The highest BCUT2D eigenvalue weighted by Crippen LogP contribution is 2.61. The van der Waals surface area contributed by atoms with E-state index in [1.807, 2.05) is 12.1 Å². The van der Waals surface area contributed by atoms with E-state index in [-0.39, 0.29) is 5.91 Å². The zero-order chi connectivity index (χ0) is 27.8. The van der Waals surface area contributed by atoms with Crippen molar-refractivity contribution in [2.45, 2.75) is 70.9 Å². The summed E-state index contributed by atoms with van der Waals surface area (Å²) in [5, 5.41) is 10.3. The average Bonchev–Trinajstić information content (AvgIpc) is 2.92. The largest absolute Gasteiger partial charge is 0.494 e. The third-order valence-corrected chi connectivity index (χ3v) is 9.36. The Morgan fingerprint density at radius 2 is 1.50 bits per heavy atom. The Labute approximate surface area is 241 Å². The maximum atomic E-state index is 12.7. The van der Waals surface area contributed by atoms with E-state index in [0.29, 0.717) is 18.6 Å². The summed E-state index contributed by atoms with van der Waals surface area (Å²) in [5.74, 6) is 3.85.